The summed E-state index contributed by atoms with van der Waals surface area (Å²) >= 11 is 6.06. The molecular weight excluding hydrogens is 288 g/mol. The summed E-state index contributed by atoms with van der Waals surface area (Å²) in [6, 6.07) is 10.7. The number of rotatable bonds is 4. The third-order valence-corrected chi connectivity index (χ3v) is 3.40. The van der Waals surface area contributed by atoms with Crippen LogP contribution in [0.1, 0.15) is 5.56 Å². The Hall–Kier alpha value is -2.53. The number of pyridine rings is 1. The molecule has 5 nitrogen and oxygen atoms in total. The second kappa shape index (κ2) is 5.85. The van der Waals surface area contributed by atoms with Gasteiger partial charge >= 0.3 is 0 Å². The lowest BCUT2D eigenvalue weighted by Gasteiger charge is -2.10. The number of nitrogens with one attached hydrogen (secondary N) is 1. The van der Waals surface area contributed by atoms with Crippen LogP contribution >= 0.6 is 11.6 Å². The van der Waals surface area contributed by atoms with E-state index in [2.05, 4.69) is 15.4 Å². The molecule has 0 saturated carbocycles. The first-order valence-corrected chi connectivity index (χ1v) is 6.78. The maximum absolute atomic E-state index is 9.79. The third-order valence-electron chi connectivity index (χ3n) is 3.05. The molecular formula is C15H13ClN4O. The summed E-state index contributed by atoms with van der Waals surface area (Å²) in [5, 5.41) is 17.6. The predicted octanol–water partition coefficient (Wildman–Crippen LogP) is 3.24. The predicted molar refractivity (Wildman–Crippen MR) is 81.8 cm³/mol. The maximum Gasteiger partial charge on any atom is 0.153 e. The molecule has 1 aromatic carbocycles. The van der Waals surface area contributed by atoms with Crippen molar-refractivity contribution in [1.82, 2.24) is 14.8 Å². The van der Waals surface area contributed by atoms with Gasteiger partial charge < -0.3 is 10.4 Å². The van der Waals surface area contributed by atoms with Gasteiger partial charge in [-0.1, -0.05) is 17.7 Å². The lowest BCUT2D eigenvalue weighted by molar-refractivity contribution is 0.469. The highest BCUT2D eigenvalue weighted by atomic mass is 35.5. The Morgan fingerprint density at radius 1 is 1.19 bits per heavy atom. The van der Waals surface area contributed by atoms with Gasteiger partial charge in [-0.3, -0.25) is 0 Å². The summed E-state index contributed by atoms with van der Waals surface area (Å²) in [5.74, 6) is 0.919. The first kappa shape index (κ1) is 13.5. The van der Waals surface area contributed by atoms with Gasteiger partial charge in [-0.15, -0.1) is 0 Å². The van der Waals surface area contributed by atoms with E-state index < -0.39 is 0 Å². The van der Waals surface area contributed by atoms with Crippen molar-refractivity contribution < 1.29 is 5.11 Å². The Morgan fingerprint density at radius 3 is 2.76 bits per heavy atom. The molecule has 0 bridgehead atoms. The number of phenols is 1. The number of aromatic hydroxyl groups is 1. The highest BCUT2D eigenvalue weighted by Gasteiger charge is 2.06. The monoisotopic (exact) mass is 300 g/mol. The van der Waals surface area contributed by atoms with Gasteiger partial charge in [0.2, 0.25) is 0 Å². The smallest absolute Gasteiger partial charge is 0.153 e. The standard InChI is InChI=1S/C15H13ClN4O/c16-13-3-1-4-14(21)12(13)10-17-11-5-6-15(18-9-11)20-8-2-7-19-20/h1-9,17,21H,10H2. The van der Waals surface area contributed by atoms with Gasteiger partial charge in [-0.05, 0) is 30.3 Å². The Labute approximate surface area is 126 Å². The van der Waals surface area contributed by atoms with Crippen LogP contribution < -0.4 is 5.32 Å². The van der Waals surface area contributed by atoms with Crippen LogP contribution in [-0.4, -0.2) is 19.9 Å². The number of benzene rings is 1. The van der Waals surface area contributed by atoms with Gasteiger partial charge in [0.25, 0.3) is 0 Å². The van der Waals surface area contributed by atoms with Gasteiger partial charge in [0.1, 0.15) is 5.75 Å². The van der Waals surface area contributed by atoms with E-state index in [9.17, 15) is 5.11 Å². The van der Waals surface area contributed by atoms with Crippen molar-refractivity contribution in [2.45, 2.75) is 6.54 Å². The van der Waals surface area contributed by atoms with E-state index in [0.29, 0.717) is 17.1 Å². The maximum atomic E-state index is 9.79. The molecule has 0 atom stereocenters. The Bertz CT molecular complexity index is 706. The van der Waals surface area contributed by atoms with Gasteiger partial charge in [-0.25, -0.2) is 9.67 Å². The molecule has 0 spiro atoms. The van der Waals surface area contributed by atoms with Gasteiger partial charge in [-0.2, -0.15) is 5.10 Å². The first-order valence-electron chi connectivity index (χ1n) is 6.40. The fourth-order valence-corrected chi connectivity index (χ4v) is 2.18. The molecule has 2 N–H and O–H groups in total. The fourth-order valence-electron chi connectivity index (χ4n) is 1.94. The van der Waals surface area contributed by atoms with E-state index in [1.165, 1.54) is 0 Å². The molecule has 2 heterocycles. The van der Waals surface area contributed by atoms with E-state index in [4.69, 9.17) is 11.6 Å². The zero-order valence-corrected chi connectivity index (χ0v) is 11.8. The van der Waals surface area contributed by atoms with Crippen LogP contribution in [0.4, 0.5) is 5.69 Å². The van der Waals surface area contributed by atoms with Crippen LogP contribution in [-0.2, 0) is 6.54 Å². The zero-order valence-electron chi connectivity index (χ0n) is 11.1. The van der Waals surface area contributed by atoms with E-state index >= 15 is 0 Å². The highest BCUT2D eigenvalue weighted by molar-refractivity contribution is 6.31. The number of phenolic OH excluding ortho intramolecular Hbond substituents is 1. The third kappa shape index (κ3) is 2.98. The molecule has 3 aromatic rings. The summed E-state index contributed by atoms with van der Waals surface area (Å²) in [7, 11) is 0. The summed E-state index contributed by atoms with van der Waals surface area (Å²) in [4.78, 5) is 4.32. The van der Waals surface area contributed by atoms with E-state index in [0.717, 1.165) is 11.5 Å². The number of hydrogen-bond donors (Lipinski definition) is 2. The molecule has 0 aliphatic rings. The molecule has 0 amide bonds. The second-order valence-corrected chi connectivity index (χ2v) is 4.85. The summed E-state index contributed by atoms with van der Waals surface area (Å²) in [6.07, 6.45) is 5.25. The lowest BCUT2D eigenvalue weighted by Crippen LogP contribution is -2.02. The van der Waals surface area contributed by atoms with Crippen LogP contribution in [0.3, 0.4) is 0 Å². The van der Waals surface area contributed by atoms with Crippen LogP contribution in [0, 0.1) is 0 Å². The average Bonchev–Trinajstić information content (AvgIpc) is 3.02. The van der Waals surface area contributed by atoms with Crippen molar-refractivity contribution in [2.75, 3.05) is 5.32 Å². The molecule has 0 fully saturated rings. The van der Waals surface area contributed by atoms with Crippen LogP contribution in [0.25, 0.3) is 5.82 Å². The van der Waals surface area contributed by atoms with E-state index in [-0.39, 0.29) is 5.75 Å². The van der Waals surface area contributed by atoms with Gasteiger partial charge in [0.05, 0.1) is 11.9 Å². The van der Waals surface area contributed by atoms with Crippen molar-refractivity contribution in [1.29, 1.82) is 0 Å². The zero-order chi connectivity index (χ0) is 14.7. The number of halogens is 1. The van der Waals surface area contributed by atoms with Gasteiger partial charge in [0, 0.05) is 29.5 Å². The van der Waals surface area contributed by atoms with Crippen molar-refractivity contribution in [3.05, 3.63) is 65.6 Å². The summed E-state index contributed by atoms with van der Waals surface area (Å²) in [6.45, 7) is 0.425. The van der Waals surface area contributed by atoms with Crippen LogP contribution in [0.2, 0.25) is 5.02 Å². The molecule has 2 aromatic heterocycles. The molecule has 3 rings (SSSR count). The molecule has 0 aliphatic heterocycles. The second-order valence-electron chi connectivity index (χ2n) is 4.45. The fraction of sp³-hybridized carbons (Fsp3) is 0.0667. The summed E-state index contributed by atoms with van der Waals surface area (Å²) in [5.41, 5.74) is 1.50. The highest BCUT2D eigenvalue weighted by Crippen LogP contribution is 2.26. The Morgan fingerprint density at radius 2 is 2.10 bits per heavy atom. The lowest BCUT2D eigenvalue weighted by atomic mass is 10.2. The van der Waals surface area contributed by atoms with Crippen LogP contribution in [0.15, 0.2) is 55.0 Å². The molecule has 0 aliphatic carbocycles. The minimum atomic E-state index is 0.177. The first-order chi connectivity index (χ1) is 10.2. The minimum Gasteiger partial charge on any atom is -0.508 e. The SMILES string of the molecule is Oc1cccc(Cl)c1CNc1ccc(-n2cccn2)nc1. The molecule has 6 heteroatoms. The normalized spacial score (nSPS) is 10.5. The quantitative estimate of drug-likeness (QED) is 0.776. The number of nitrogens with zero attached hydrogens (tertiary/aromatic N) is 3. The molecule has 21 heavy (non-hydrogen) atoms. The van der Waals surface area contributed by atoms with Crippen molar-refractivity contribution in [3.8, 4) is 11.6 Å². The largest absolute Gasteiger partial charge is 0.508 e. The molecule has 106 valence electrons. The summed E-state index contributed by atoms with van der Waals surface area (Å²) < 4.78 is 1.68. The van der Waals surface area contributed by atoms with Crippen molar-refractivity contribution >= 4 is 17.3 Å². The average molecular weight is 301 g/mol. The molecule has 0 unspecified atom stereocenters. The number of hydrogen-bond acceptors (Lipinski definition) is 4. The Balaban J connectivity index is 1.71. The number of aromatic nitrogens is 3. The van der Waals surface area contributed by atoms with Crippen molar-refractivity contribution in [3.63, 3.8) is 0 Å². The topological polar surface area (TPSA) is 63.0 Å². The molecule has 0 radical (unpaired) electrons. The number of anilines is 1. The molecule has 0 saturated heterocycles. The van der Waals surface area contributed by atoms with E-state index in [1.807, 2.05) is 24.4 Å². The van der Waals surface area contributed by atoms with Crippen molar-refractivity contribution in [2.24, 2.45) is 0 Å². The minimum absolute atomic E-state index is 0.177. The van der Waals surface area contributed by atoms with E-state index in [1.54, 1.807) is 35.3 Å². The van der Waals surface area contributed by atoms with Gasteiger partial charge in [0.15, 0.2) is 5.82 Å². The van der Waals surface area contributed by atoms with Crippen LogP contribution in [0.5, 0.6) is 5.75 Å². The Kier molecular flexibility index (Phi) is 3.75.